The fourth-order valence-corrected chi connectivity index (χ4v) is 2.04. The van der Waals surface area contributed by atoms with E-state index in [4.69, 9.17) is 5.11 Å². The van der Waals surface area contributed by atoms with Gasteiger partial charge in [0.2, 0.25) is 0 Å². The van der Waals surface area contributed by atoms with Crippen LogP contribution in [-0.2, 0) is 4.79 Å². The van der Waals surface area contributed by atoms with Crippen molar-refractivity contribution in [2.75, 3.05) is 18.5 Å². The maximum Gasteiger partial charge on any atom is 0.321 e. The van der Waals surface area contributed by atoms with Crippen LogP contribution in [0.4, 0.5) is 10.5 Å². The van der Waals surface area contributed by atoms with Gasteiger partial charge < -0.3 is 10.4 Å². The molecule has 1 unspecified atom stereocenters. The molecule has 1 aromatic carbocycles. The van der Waals surface area contributed by atoms with Crippen molar-refractivity contribution in [1.82, 2.24) is 5.32 Å². The highest BCUT2D eigenvalue weighted by Gasteiger charge is 2.14. The summed E-state index contributed by atoms with van der Waals surface area (Å²) in [6, 6.07) is 5.66. The van der Waals surface area contributed by atoms with E-state index < -0.39 is 5.97 Å². The Morgan fingerprint density at radius 1 is 1.35 bits per heavy atom. The number of rotatable bonds is 5. The van der Waals surface area contributed by atoms with Crippen LogP contribution in [0.2, 0.25) is 0 Å². The van der Waals surface area contributed by atoms with Crippen LogP contribution in [0.15, 0.2) is 18.2 Å². The van der Waals surface area contributed by atoms with Gasteiger partial charge in [-0.3, -0.25) is 9.69 Å². The van der Waals surface area contributed by atoms with Gasteiger partial charge >= 0.3 is 12.0 Å². The Hall–Kier alpha value is -2.04. The summed E-state index contributed by atoms with van der Waals surface area (Å²) in [7, 11) is 1.70. The Bertz CT molecular complexity index is 500. The second kappa shape index (κ2) is 6.93. The smallest absolute Gasteiger partial charge is 0.321 e. The number of anilines is 1. The molecule has 0 saturated heterocycles. The molecule has 0 heterocycles. The first-order chi connectivity index (χ1) is 9.31. The van der Waals surface area contributed by atoms with E-state index in [2.05, 4.69) is 5.32 Å². The average Bonchev–Trinajstić information content (AvgIpc) is 2.34. The number of carboxylic acid groups (broad SMARTS) is 1. The Labute approximate surface area is 119 Å². The van der Waals surface area contributed by atoms with Gasteiger partial charge in [0.1, 0.15) is 0 Å². The van der Waals surface area contributed by atoms with E-state index in [0.717, 1.165) is 16.8 Å². The zero-order chi connectivity index (χ0) is 15.3. The van der Waals surface area contributed by atoms with Gasteiger partial charge in [0.15, 0.2) is 0 Å². The van der Waals surface area contributed by atoms with Crippen LogP contribution in [0.1, 0.15) is 24.5 Å². The summed E-state index contributed by atoms with van der Waals surface area (Å²) in [5.41, 5.74) is 3.02. The molecule has 0 spiro atoms. The number of urea groups is 1. The monoisotopic (exact) mass is 278 g/mol. The predicted octanol–water partition coefficient (Wildman–Crippen LogP) is 2.56. The fraction of sp³-hybridized carbons (Fsp3) is 0.467. The molecule has 20 heavy (non-hydrogen) atoms. The first-order valence-electron chi connectivity index (χ1n) is 6.62. The minimum absolute atomic E-state index is 0.0492. The van der Waals surface area contributed by atoms with Crippen molar-refractivity contribution in [3.05, 3.63) is 29.3 Å². The Morgan fingerprint density at radius 2 is 2.00 bits per heavy atom. The summed E-state index contributed by atoms with van der Waals surface area (Å²) >= 11 is 0. The lowest BCUT2D eigenvalue weighted by atomic mass is 10.1. The highest BCUT2D eigenvalue weighted by atomic mass is 16.4. The van der Waals surface area contributed by atoms with E-state index in [9.17, 15) is 9.59 Å². The van der Waals surface area contributed by atoms with Gasteiger partial charge in [-0.05, 0) is 31.4 Å². The molecule has 1 rings (SSSR count). The predicted molar refractivity (Wildman–Crippen MR) is 79.1 cm³/mol. The lowest BCUT2D eigenvalue weighted by Gasteiger charge is -2.21. The van der Waals surface area contributed by atoms with Crippen LogP contribution in [0, 0.1) is 19.8 Å². The summed E-state index contributed by atoms with van der Waals surface area (Å²) in [4.78, 5) is 24.1. The number of carbonyl (C=O) groups is 2. The zero-order valence-electron chi connectivity index (χ0n) is 12.4. The van der Waals surface area contributed by atoms with Crippen molar-refractivity contribution in [3.63, 3.8) is 0 Å². The number of carbonyl (C=O) groups excluding carboxylic acids is 1. The Morgan fingerprint density at radius 3 is 2.55 bits per heavy atom. The molecular formula is C15H22N2O3. The molecule has 2 N–H and O–H groups in total. The number of carboxylic acids is 1. The van der Waals surface area contributed by atoms with E-state index in [1.165, 1.54) is 0 Å². The third-order valence-corrected chi connectivity index (χ3v) is 3.14. The molecule has 0 fully saturated rings. The van der Waals surface area contributed by atoms with Crippen LogP contribution < -0.4 is 10.2 Å². The first kappa shape index (κ1) is 16.0. The second-order valence-electron chi connectivity index (χ2n) is 5.24. The zero-order valence-corrected chi connectivity index (χ0v) is 12.4. The van der Waals surface area contributed by atoms with Gasteiger partial charge in [-0.1, -0.05) is 24.6 Å². The molecule has 0 aliphatic rings. The molecule has 2 amide bonds. The van der Waals surface area contributed by atoms with Gasteiger partial charge in [0, 0.05) is 25.7 Å². The number of hydrogen-bond donors (Lipinski definition) is 2. The lowest BCUT2D eigenvalue weighted by Crippen LogP contribution is -2.39. The number of nitrogens with zero attached hydrogens (tertiary/aromatic N) is 1. The van der Waals surface area contributed by atoms with Gasteiger partial charge in [0.25, 0.3) is 0 Å². The van der Waals surface area contributed by atoms with Crippen molar-refractivity contribution >= 4 is 17.7 Å². The van der Waals surface area contributed by atoms with E-state index in [-0.39, 0.29) is 18.4 Å². The largest absolute Gasteiger partial charge is 0.481 e. The summed E-state index contributed by atoms with van der Waals surface area (Å²) in [6.07, 6.45) is 0.0492. The normalized spacial score (nSPS) is 11.8. The summed E-state index contributed by atoms with van der Waals surface area (Å²) < 4.78 is 0. The van der Waals surface area contributed by atoms with Crippen molar-refractivity contribution in [2.24, 2.45) is 5.92 Å². The molecule has 0 aliphatic carbocycles. The van der Waals surface area contributed by atoms with Gasteiger partial charge in [-0.15, -0.1) is 0 Å². The van der Waals surface area contributed by atoms with E-state index in [1.54, 1.807) is 18.9 Å². The summed E-state index contributed by atoms with van der Waals surface area (Å²) in [6.45, 7) is 6.11. The van der Waals surface area contributed by atoms with Crippen LogP contribution in [0.25, 0.3) is 0 Å². The van der Waals surface area contributed by atoms with Crippen LogP contribution in [-0.4, -0.2) is 30.7 Å². The van der Waals surface area contributed by atoms with Crippen molar-refractivity contribution in [3.8, 4) is 0 Å². The molecule has 0 radical (unpaired) electrons. The Balaban J connectivity index is 2.61. The summed E-state index contributed by atoms with van der Waals surface area (Å²) in [5, 5.41) is 11.4. The molecule has 5 heteroatoms. The number of aryl methyl sites for hydroxylation is 2. The topological polar surface area (TPSA) is 69.6 Å². The summed E-state index contributed by atoms with van der Waals surface area (Å²) in [5.74, 6) is -0.946. The maximum absolute atomic E-state index is 12.0. The third kappa shape index (κ3) is 4.57. The van der Waals surface area contributed by atoms with E-state index in [1.807, 2.05) is 32.0 Å². The number of hydrogen-bond acceptors (Lipinski definition) is 2. The van der Waals surface area contributed by atoms with Crippen LogP contribution in [0.3, 0.4) is 0 Å². The van der Waals surface area contributed by atoms with Gasteiger partial charge in [-0.25, -0.2) is 4.79 Å². The molecule has 0 saturated carbocycles. The molecule has 0 aliphatic heterocycles. The molecule has 110 valence electrons. The van der Waals surface area contributed by atoms with Crippen molar-refractivity contribution in [1.29, 1.82) is 0 Å². The lowest BCUT2D eigenvalue weighted by molar-refractivity contribution is -0.137. The van der Waals surface area contributed by atoms with Gasteiger partial charge in [-0.2, -0.15) is 0 Å². The molecule has 1 aromatic rings. The van der Waals surface area contributed by atoms with Crippen molar-refractivity contribution < 1.29 is 14.7 Å². The maximum atomic E-state index is 12.0. The van der Waals surface area contributed by atoms with E-state index in [0.29, 0.717) is 6.54 Å². The minimum Gasteiger partial charge on any atom is -0.481 e. The molecule has 0 bridgehead atoms. The number of nitrogens with one attached hydrogen (secondary N) is 1. The average molecular weight is 278 g/mol. The standard InChI is InChI=1S/C15H22N2O3/c1-10-5-6-13(12(3)7-10)17(4)15(20)16-9-11(2)8-14(18)19/h5-7,11H,8-9H2,1-4H3,(H,16,20)(H,18,19). The number of aliphatic carboxylic acids is 1. The quantitative estimate of drug-likeness (QED) is 0.869. The first-order valence-corrected chi connectivity index (χ1v) is 6.62. The second-order valence-corrected chi connectivity index (χ2v) is 5.24. The van der Waals surface area contributed by atoms with E-state index >= 15 is 0 Å². The van der Waals surface area contributed by atoms with Gasteiger partial charge in [0.05, 0.1) is 0 Å². The van der Waals surface area contributed by atoms with Crippen LogP contribution in [0.5, 0.6) is 0 Å². The molecule has 0 aromatic heterocycles. The van der Waals surface area contributed by atoms with Crippen molar-refractivity contribution in [2.45, 2.75) is 27.2 Å². The third-order valence-electron chi connectivity index (χ3n) is 3.14. The highest BCUT2D eigenvalue weighted by Crippen LogP contribution is 2.19. The Kier molecular flexibility index (Phi) is 5.55. The number of amides is 2. The number of benzene rings is 1. The molecular weight excluding hydrogens is 256 g/mol. The molecule has 5 nitrogen and oxygen atoms in total. The molecule has 1 atom stereocenters. The highest BCUT2D eigenvalue weighted by molar-refractivity contribution is 5.92. The van der Waals surface area contributed by atoms with Crippen LogP contribution >= 0.6 is 0 Å². The SMILES string of the molecule is Cc1ccc(N(C)C(=O)NCC(C)CC(=O)O)c(C)c1. The fourth-order valence-electron chi connectivity index (χ4n) is 2.04. The minimum atomic E-state index is -0.852.